The van der Waals surface area contributed by atoms with Gasteiger partial charge >= 0.3 is 5.97 Å². The standard InChI is InChI=1S/C25H27N3O4/c1-25(2,3)20-13-28-23(18-11-19(29)17(24(30)31)12-27(18)20)21(22(26-28)15-5-6-15)14-7-9-16(32-4)10-8-14/h7-12,15,20H,5-6,13H2,1-4H3,(H,30,31)/t20-/m0/s1. The Balaban J connectivity index is 1.80. The minimum Gasteiger partial charge on any atom is -0.497 e. The van der Waals surface area contributed by atoms with Crippen LogP contribution in [0.4, 0.5) is 0 Å². The Morgan fingerprint density at radius 2 is 1.88 bits per heavy atom. The van der Waals surface area contributed by atoms with Gasteiger partial charge in [-0.3, -0.25) is 9.48 Å². The smallest absolute Gasteiger partial charge is 0.341 e. The average molecular weight is 434 g/mol. The second-order valence-corrected chi connectivity index (χ2v) is 9.82. The number of hydrogen-bond acceptors (Lipinski definition) is 4. The van der Waals surface area contributed by atoms with Crippen molar-refractivity contribution in [2.24, 2.45) is 5.41 Å². The van der Waals surface area contributed by atoms with Crippen LogP contribution >= 0.6 is 0 Å². The van der Waals surface area contributed by atoms with Crippen molar-refractivity contribution in [3.8, 4) is 28.3 Å². The van der Waals surface area contributed by atoms with Crippen LogP contribution in [0.3, 0.4) is 0 Å². The van der Waals surface area contributed by atoms with Crippen LogP contribution in [0, 0.1) is 5.41 Å². The summed E-state index contributed by atoms with van der Waals surface area (Å²) in [6.07, 6.45) is 3.72. The number of pyridine rings is 1. The predicted molar refractivity (Wildman–Crippen MR) is 121 cm³/mol. The third-order valence-electron chi connectivity index (χ3n) is 6.56. The minimum absolute atomic E-state index is 0.0422. The number of aromatic carboxylic acids is 1. The van der Waals surface area contributed by atoms with Gasteiger partial charge in [0.05, 0.1) is 36.8 Å². The van der Waals surface area contributed by atoms with Crippen molar-refractivity contribution in [1.82, 2.24) is 14.3 Å². The highest BCUT2D eigenvalue weighted by Crippen LogP contribution is 2.50. The van der Waals surface area contributed by atoms with Crippen molar-refractivity contribution >= 4 is 5.97 Å². The Morgan fingerprint density at radius 1 is 1.19 bits per heavy atom. The first-order valence-corrected chi connectivity index (χ1v) is 10.9. The Kier molecular flexibility index (Phi) is 4.55. The third kappa shape index (κ3) is 3.23. The molecular formula is C25H27N3O4. The van der Waals surface area contributed by atoms with E-state index in [2.05, 4.69) is 20.8 Å². The van der Waals surface area contributed by atoms with Gasteiger partial charge in [0.1, 0.15) is 11.3 Å². The van der Waals surface area contributed by atoms with Crippen LogP contribution in [0.1, 0.15) is 61.6 Å². The van der Waals surface area contributed by atoms with E-state index in [0.29, 0.717) is 12.5 Å². The molecule has 1 saturated carbocycles. The molecule has 1 aliphatic heterocycles. The van der Waals surface area contributed by atoms with Crippen molar-refractivity contribution in [2.45, 2.75) is 52.1 Å². The van der Waals surface area contributed by atoms with E-state index in [0.717, 1.165) is 46.8 Å². The molecule has 7 heteroatoms. The number of hydrogen-bond donors (Lipinski definition) is 1. The summed E-state index contributed by atoms with van der Waals surface area (Å²) in [7, 11) is 1.64. The fourth-order valence-corrected chi connectivity index (χ4v) is 4.66. The number of fused-ring (bicyclic) bond motifs is 3. The number of carbonyl (C=O) groups is 1. The van der Waals surface area contributed by atoms with Gasteiger partial charge in [-0.05, 0) is 36.0 Å². The van der Waals surface area contributed by atoms with Gasteiger partial charge in [0.25, 0.3) is 0 Å². The number of carboxylic acid groups (broad SMARTS) is 1. The lowest BCUT2D eigenvalue weighted by Gasteiger charge is -2.38. The minimum atomic E-state index is -1.20. The van der Waals surface area contributed by atoms with Crippen LogP contribution in [-0.4, -0.2) is 32.5 Å². The van der Waals surface area contributed by atoms with E-state index >= 15 is 0 Å². The molecule has 0 bridgehead atoms. The van der Waals surface area contributed by atoms with Crippen molar-refractivity contribution < 1.29 is 14.6 Å². The highest BCUT2D eigenvalue weighted by atomic mass is 16.5. The molecule has 0 spiro atoms. The zero-order valence-electron chi connectivity index (χ0n) is 18.8. The van der Waals surface area contributed by atoms with E-state index in [1.54, 1.807) is 7.11 Å². The molecule has 5 rings (SSSR count). The molecule has 1 N–H and O–H groups in total. The summed E-state index contributed by atoms with van der Waals surface area (Å²) in [6, 6.07) is 9.33. The first-order chi connectivity index (χ1) is 15.2. The SMILES string of the molecule is COc1ccc(-c2c(C3CC3)nn3c2-c2cc(=O)c(C(=O)O)cn2[C@H](C(C)(C)C)C3)cc1. The monoisotopic (exact) mass is 433 g/mol. The van der Waals surface area contributed by atoms with E-state index in [1.165, 1.54) is 12.3 Å². The van der Waals surface area contributed by atoms with E-state index in [4.69, 9.17) is 9.84 Å². The maximum absolute atomic E-state index is 12.7. The summed E-state index contributed by atoms with van der Waals surface area (Å²) in [5.41, 5.74) is 3.85. The first-order valence-electron chi connectivity index (χ1n) is 10.9. The Labute approximate surface area is 186 Å². The summed E-state index contributed by atoms with van der Waals surface area (Å²) in [6.45, 7) is 6.99. The van der Waals surface area contributed by atoms with Gasteiger partial charge in [-0.15, -0.1) is 0 Å². The number of carboxylic acids is 1. The first kappa shape index (κ1) is 20.5. The molecular weight excluding hydrogens is 406 g/mol. The van der Waals surface area contributed by atoms with Crippen LogP contribution < -0.4 is 10.2 Å². The molecule has 166 valence electrons. The van der Waals surface area contributed by atoms with Crippen LogP contribution in [0.15, 0.2) is 41.3 Å². The maximum atomic E-state index is 12.7. The quantitative estimate of drug-likeness (QED) is 0.652. The number of benzene rings is 1. The molecule has 3 aromatic rings. The van der Waals surface area contributed by atoms with Crippen molar-refractivity contribution in [2.75, 3.05) is 7.11 Å². The maximum Gasteiger partial charge on any atom is 0.341 e. The summed E-state index contributed by atoms with van der Waals surface area (Å²) in [5.74, 6) is -0.0129. The molecule has 7 nitrogen and oxygen atoms in total. The van der Waals surface area contributed by atoms with E-state index in [9.17, 15) is 14.7 Å². The lowest BCUT2D eigenvalue weighted by Crippen LogP contribution is -2.35. The highest BCUT2D eigenvalue weighted by Gasteiger charge is 2.39. The van der Waals surface area contributed by atoms with E-state index < -0.39 is 11.4 Å². The van der Waals surface area contributed by atoms with Crippen LogP contribution in [-0.2, 0) is 6.54 Å². The molecule has 1 atom stereocenters. The summed E-state index contributed by atoms with van der Waals surface area (Å²) in [5, 5.41) is 14.6. The molecule has 0 saturated heterocycles. The zero-order chi connectivity index (χ0) is 22.8. The number of nitrogens with zero attached hydrogens (tertiary/aromatic N) is 3. The van der Waals surface area contributed by atoms with Crippen molar-refractivity contribution in [1.29, 1.82) is 0 Å². The van der Waals surface area contributed by atoms with Gasteiger partial charge in [-0.1, -0.05) is 32.9 Å². The number of ether oxygens (including phenoxy) is 1. The van der Waals surface area contributed by atoms with Crippen LogP contribution in [0.5, 0.6) is 5.75 Å². The van der Waals surface area contributed by atoms with Crippen molar-refractivity contribution in [3.05, 3.63) is 58.0 Å². The second kappa shape index (κ2) is 7.08. The third-order valence-corrected chi connectivity index (χ3v) is 6.56. The Bertz CT molecular complexity index is 1270. The molecule has 0 radical (unpaired) electrons. The van der Waals surface area contributed by atoms with E-state index in [1.807, 2.05) is 33.5 Å². The summed E-state index contributed by atoms with van der Waals surface area (Å²) in [4.78, 5) is 24.5. The number of rotatable bonds is 4. The molecule has 1 fully saturated rings. The van der Waals surface area contributed by atoms with Gasteiger partial charge in [0.15, 0.2) is 5.43 Å². The van der Waals surface area contributed by atoms with Gasteiger partial charge in [-0.2, -0.15) is 5.10 Å². The largest absolute Gasteiger partial charge is 0.497 e. The fraction of sp³-hybridized carbons (Fsp3) is 0.400. The number of aromatic nitrogens is 3. The normalized spacial score (nSPS) is 17.6. The van der Waals surface area contributed by atoms with Crippen LogP contribution in [0.2, 0.25) is 0 Å². The van der Waals surface area contributed by atoms with Crippen molar-refractivity contribution in [3.63, 3.8) is 0 Å². The predicted octanol–water partition coefficient (Wildman–Crippen LogP) is 4.56. The lowest BCUT2D eigenvalue weighted by molar-refractivity contribution is 0.0693. The number of methoxy groups -OCH3 is 1. The molecule has 2 aliphatic rings. The summed E-state index contributed by atoms with van der Waals surface area (Å²) < 4.78 is 9.33. The molecule has 3 heterocycles. The zero-order valence-corrected chi connectivity index (χ0v) is 18.8. The topological polar surface area (TPSA) is 86.3 Å². The van der Waals surface area contributed by atoms with E-state index in [-0.39, 0.29) is 17.0 Å². The lowest BCUT2D eigenvalue weighted by atomic mass is 9.84. The molecule has 1 aliphatic carbocycles. The molecule has 32 heavy (non-hydrogen) atoms. The Hall–Kier alpha value is -3.35. The molecule has 1 aromatic carbocycles. The molecule has 2 aromatic heterocycles. The van der Waals surface area contributed by atoms with Gasteiger partial charge in [-0.25, -0.2) is 4.79 Å². The molecule has 0 amide bonds. The van der Waals surface area contributed by atoms with Gasteiger partial charge in [0.2, 0.25) is 0 Å². The van der Waals surface area contributed by atoms with Gasteiger partial charge < -0.3 is 14.4 Å². The second-order valence-electron chi connectivity index (χ2n) is 9.82. The average Bonchev–Trinajstić information content (AvgIpc) is 3.52. The molecule has 0 unspecified atom stereocenters. The summed E-state index contributed by atoms with van der Waals surface area (Å²) >= 11 is 0. The van der Waals surface area contributed by atoms with Crippen LogP contribution in [0.25, 0.3) is 22.5 Å². The van der Waals surface area contributed by atoms with Gasteiger partial charge in [0, 0.05) is 23.7 Å². The Morgan fingerprint density at radius 3 is 2.44 bits per heavy atom. The fourth-order valence-electron chi connectivity index (χ4n) is 4.66. The highest BCUT2D eigenvalue weighted by molar-refractivity contribution is 5.89.